The van der Waals surface area contributed by atoms with Crippen molar-refractivity contribution in [3.63, 3.8) is 0 Å². The van der Waals surface area contributed by atoms with Gasteiger partial charge in [0.25, 0.3) is 0 Å². The van der Waals surface area contributed by atoms with E-state index < -0.39 is 21.7 Å². The van der Waals surface area contributed by atoms with Crippen LogP contribution in [0.3, 0.4) is 0 Å². The highest BCUT2D eigenvalue weighted by molar-refractivity contribution is 7.89. The maximum absolute atomic E-state index is 12.2. The molecule has 3 N–H and O–H groups in total. The van der Waals surface area contributed by atoms with Crippen LogP contribution in [0, 0.1) is 6.92 Å². The first kappa shape index (κ1) is 14.9. The number of nitrogens with zero attached hydrogens (tertiary/aromatic N) is 2. The Labute approximate surface area is 117 Å². The Morgan fingerprint density at radius 3 is 2.70 bits per heavy atom. The molecule has 0 radical (unpaired) electrons. The van der Waals surface area contributed by atoms with Crippen molar-refractivity contribution < 1.29 is 18.3 Å². The van der Waals surface area contributed by atoms with E-state index in [-0.39, 0.29) is 17.1 Å². The van der Waals surface area contributed by atoms with Crippen molar-refractivity contribution in [2.75, 3.05) is 26.2 Å². The van der Waals surface area contributed by atoms with E-state index in [1.165, 1.54) is 6.92 Å². The van der Waals surface area contributed by atoms with Crippen molar-refractivity contribution in [2.24, 2.45) is 0 Å². The van der Waals surface area contributed by atoms with Gasteiger partial charge >= 0.3 is 5.97 Å². The number of sulfonamides is 1. The van der Waals surface area contributed by atoms with Gasteiger partial charge in [-0.05, 0) is 32.9 Å². The molecule has 0 amide bonds. The molecule has 20 heavy (non-hydrogen) atoms. The molecule has 1 fully saturated rings. The summed E-state index contributed by atoms with van der Waals surface area (Å²) in [5.41, 5.74) is -0.257. The summed E-state index contributed by atoms with van der Waals surface area (Å²) in [7, 11) is -3.87. The molecule has 1 aliphatic heterocycles. The van der Waals surface area contributed by atoms with Gasteiger partial charge in [-0.2, -0.15) is 5.10 Å². The fourth-order valence-electron chi connectivity index (χ4n) is 2.31. The predicted octanol–water partition coefficient (Wildman–Crippen LogP) is -0.210. The summed E-state index contributed by atoms with van der Waals surface area (Å²) in [6, 6.07) is 0. The Kier molecular flexibility index (Phi) is 4.41. The number of aromatic carboxylic acids is 1. The maximum atomic E-state index is 12.2. The molecule has 112 valence electrons. The van der Waals surface area contributed by atoms with Crippen molar-refractivity contribution in [3.05, 3.63) is 11.4 Å². The normalized spacial score (nSPS) is 16.6. The molecule has 2 rings (SSSR count). The average Bonchev–Trinajstić information content (AvgIpc) is 2.98. The molecule has 0 atom stereocenters. The van der Waals surface area contributed by atoms with Gasteiger partial charge in [-0.15, -0.1) is 0 Å². The number of carbonyl (C=O) groups is 1. The molecule has 0 saturated carbocycles. The number of aromatic nitrogens is 2. The molecule has 8 nitrogen and oxygen atoms in total. The molecule has 0 aliphatic carbocycles. The lowest BCUT2D eigenvalue weighted by atomic mass is 10.4. The Morgan fingerprint density at radius 1 is 1.45 bits per heavy atom. The van der Waals surface area contributed by atoms with Gasteiger partial charge in [-0.3, -0.25) is 5.10 Å². The molecular weight excluding hydrogens is 284 g/mol. The number of hydrogen-bond donors (Lipinski definition) is 3. The van der Waals surface area contributed by atoms with Gasteiger partial charge in [-0.1, -0.05) is 0 Å². The number of carboxylic acids is 1. The van der Waals surface area contributed by atoms with Gasteiger partial charge in [0.15, 0.2) is 5.69 Å². The third-order valence-corrected chi connectivity index (χ3v) is 4.90. The van der Waals surface area contributed by atoms with E-state index in [9.17, 15) is 13.2 Å². The number of hydrogen-bond acceptors (Lipinski definition) is 5. The maximum Gasteiger partial charge on any atom is 0.357 e. The van der Waals surface area contributed by atoms with Crippen molar-refractivity contribution in [2.45, 2.75) is 24.7 Å². The van der Waals surface area contributed by atoms with E-state index >= 15 is 0 Å². The van der Waals surface area contributed by atoms with Crippen LogP contribution in [-0.2, 0) is 10.0 Å². The summed E-state index contributed by atoms with van der Waals surface area (Å²) in [6.07, 6.45) is 2.27. The second kappa shape index (κ2) is 5.90. The molecule has 0 unspecified atom stereocenters. The number of aryl methyl sites for hydroxylation is 1. The van der Waals surface area contributed by atoms with E-state index in [0.717, 1.165) is 25.9 Å². The molecular formula is C11H18N4O4S. The zero-order chi connectivity index (χ0) is 14.8. The largest absolute Gasteiger partial charge is 0.476 e. The van der Waals surface area contributed by atoms with Gasteiger partial charge in [0, 0.05) is 13.1 Å². The Morgan fingerprint density at radius 2 is 2.10 bits per heavy atom. The number of aromatic amines is 1. The third kappa shape index (κ3) is 3.17. The van der Waals surface area contributed by atoms with E-state index in [4.69, 9.17) is 5.11 Å². The molecule has 0 aromatic carbocycles. The smallest absolute Gasteiger partial charge is 0.357 e. The number of H-pyrrole nitrogens is 1. The number of nitrogens with one attached hydrogen (secondary N) is 2. The lowest BCUT2D eigenvalue weighted by Crippen LogP contribution is -2.34. The fraction of sp³-hybridized carbons (Fsp3) is 0.636. The second-order valence-corrected chi connectivity index (χ2v) is 6.48. The molecule has 1 aliphatic rings. The minimum absolute atomic E-state index is 0.219. The number of rotatable bonds is 6. The molecule has 0 spiro atoms. The zero-order valence-electron chi connectivity index (χ0n) is 11.2. The quantitative estimate of drug-likeness (QED) is 0.670. The van der Waals surface area contributed by atoms with Gasteiger partial charge < -0.3 is 10.0 Å². The summed E-state index contributed by atoms with van der Waals surface area (Å²) in [5, 5.41) is 14.9. The predicted molar refractivity (Wildman–Crippen MR) is 71.1 cm³/mol. The standard InChI is InChI=1S/C11H18N4O4S/c1-8-10(9(11(16)17)14-13-8)20(18,19)12-4-7-15-5-2-3-6-15/h12H,2-7H2,1H3,(H,13,14)(H,16,17). The molecule has 1 saturated heterocycles. The van der Waals surface area contributed by atoms with E-state index in [0.29, 0.717) is 6.54 Å². The Hall–Kier alpha value is -1.45. The topological polar surface area (TPSA) is 115 Å². The van der Waals surface area contributed by atoms with Crippen molar-refractivity contribution in [3.8, 4) is 0 Å². The van der Waals surface area contributed by atoms with Gasteiger partial charge in [0.1, 0.15) is 4.90 Å². The summed E-state index contributed by atoms with van der Waals surface area (Å²) in [5.74, 6) is -1.37. The lowest BCUT2D eigenvalue weighted by Gasteiger charge is -2.14. The first-order valence-electron chi connectivity index (χ1n) is 6.42. The van der Waals surface area contributed by atoms with Crippen molar-refractivity contribution in [1.29, 1.82) is 0 Å². The van der Waals surface area contributed by atoms with Crippen molar-refractivity contribution >= 4 is 16.0 Å². The summed E-state index contributed by atoms with van der Waals surface area (Å²) in [4.78, 5) is 12.9. The van der Waals surface area contributed by atoms with Crippen LogP contribution in [-0.4, -0.2) is 60.8 Å². The van der Waals surface area contributed by atoms with E-state index in [2.05, 4.69) is 19.8 Å². The van der Waals surface area contributed by atoms with Gasteiger partial charge in [0.2, 0.25) is 10.0 Å². The van der Waals surface area contributed by atoms with Crippen molar-refractivity contribution in [1.82, 2.24) is 19.8 Å². The number of carboxylic acid groups (broad SMARTS) is 1. The molecule has 1 aromatic rings. The van der Waals surface area contributed by atoms with Gasteiger partial charge in [-0.25, -0.2) is 17.9 Å². The van der Waals surface area contributed by atoms with Crippen LogP contribution in [0.4, 0.5) is 0 Å². The second-order valence-electron chi connectivity index (χ2n) is 4.78. The number of likely N-dealkylation sites (tertiary alicyclic amines) is 1. The summed E-state index contributed by atoms with van der Waals surface area (Å²) < 4.78 is 26.8. The summed E-state index contributed by atoms with van der Waals surface area (Å²) in [6.45, 7) is 4.32. The van der Waals surface area contributed by atoms with Crippen LogP contribution in [0.5, 0.6) is 0 Å². The highest BCUT2D eigenvalue weighted by atomic mass is 32.2. The third-order valence-electron chi connectivity index (χ3n) is 3.28. The van der Waals surface area contributed by atoms with E-state index in [1.807, 2.05) is 0 Å². The van der Waals surface area contributed by atoms with Crippen LogP contribution in [0.2, 0.25) is 0 Å². The zero-order valence-corrected chi connectivity index (χ0v) is 12.0. The van der Waals surface area contributed by atoms with Crippen LogP contribution < -0.4 is 4.72 Å². The van der Waals surface area contributed by atoms with Crippen LogP contribution in [0.15, 0.2) is 4.90 Å². The molecule has 9 heteroatoms. The minimum Gasteiger partial charge on any atom is -0.476 e. The van der Waals surface area contributed by atoms with Crippen LogP contribution in [0.1, 0.15) is 29.0 Å². The van der Waals surface area contributed by atoms with Crippen LogP contribution in [0.25, 0.3) is 0 Å². The molecule has 2 heterocycles. The molecule has 1 aromatic heterocycles. The van der Waals surface area contributed by atoms with Crippen LogP contribution >= 0.6 is 0 Å². The fourth-order valence-corrected chi connectivity index (χ4v) is 3.65. The first-order valence-corrected chi connectivity index (χ1v) is 7.90. The first-order chi connectivity index (χ1) is 9.42. The monoisotopic (exact) mass is 302 g/mol. The SMILES string of the molecule is Cc1[nH]nc(C(=O)O)c1S(=O)(=O)NCCN1CCCC1. The average molecular weight is 302 g/mol. The Bertz CT molecular complexity index is 590. The Balaban J connectivity index is 2.06. The minimum atomic E-state index is -3.87. The highest BCUT2D eigenvalue weighted by Crippen LogP contribution is 2.17. The summed E-state index contributed by atoms with van der Waals surface area (Å²) >= 11 is 0. The highest BCUT2D eigenvalue weighted by Gasteiger charge is 2.28. The van der Waals surface area contributed by atoms with E-state index in [1.54, 1.807) is 0 Å². The lowest BCUT2D eigenvalue weighted by molar-refractivity contribution is 0.0686. The molecule has 0 bridgehead atoms. The van der Waals surface area contributed by atoms with Gasteiger partial charge in [0.05, 0.1) is 5.69 Å².